The largest absolute Gasteiger partial charge is 0.393 e. The minimum absolute atomic E-state index is 0.0470. The maximum absolute atomic E-state index is 13.6. The van der Waals surface area contributed by atoms with Crippen LogP contribution in [-0.4, -0.2) is 85.9 Å². The van der Waals surface area contributed by atoms with E-state index in [9.17, 15) is 23.4 Å². The topological polar surface area (TPSA) is 122 Å². The number of anilines is 1. The lowest BCUT2D eigenvalue weighted by Gasteiger charge is -2.43. The maximum Gasteiger partial charge on any atom is 0.393 e. The molecule has 5 heterocycles. The Bertz CT molecular complexity index is 979. The molecule has 3 aliphatic heterocycles. The first-order chi connectivity index (χ1) is 15.2. The number of hydrogen-bond donors (Lipinski definition) is 4. The van der Waals surface area contributed by atoms with E-state index in [0.29, 0.717) is 37.0 Å². The molecular formula is C20H27F3N6O3. The van der Waals surface area contributed by atoms with Gasteiger partial charge in [0.1, 0.15) is 36.1 Å². The van der Waals surface area contributed by atoms with E-state index in [1.807, 2.05) is 4.90 Å². The number of nitrogen functional groups attached to an aromatic ring is 1. The molecule has 0 aromatic carbocycles. The van der Waals surface area contributed by atoms with Gasteiger partial charge in [-0.15, -0.1) is 0 Å². The SMILES string of the molecule is Nc1ncnc2c1ccn2[C@@H]1O[C@H](CN2CC(C(F)(F)F)CC23CCNCC3)[C@@H](O)[C@H]1O. The molecule has 176 valence electrons. The normalized spacial score (nSPS) is 33.5. The molecule has 12 heteroatoms. The van der Waals surface area contributed by atoms with Crippen LogP contribution in [0.4, 0.5) is 19.0 Å². The van der Waals surface area contributed by atoms with Crippen LogP contribution in [0, 0.1) is 5.92 Å². The zero-order valence-electron chi connectivity index (χ0n) is 17.4. The summed E-state index contributed by atoms with van der Waals surface area (Å²) in [6.45, 7) is 1.28. The highest BCUT2D eigenvalue weighted by Gasteiger charge is 2.56. The number of nitrogens with one attached hydrogen (secondary N) is 1. The van der Waals surface area contributed by atoms with Crippen LogP contribution in [0.1, 0.15) is 25.5 Å². The summed E-state index contributed by atoms with van der Waals surface area (Å²) in [4.78, 5) is 9.96. The van der Waals surface area contributed by atoms with Gasteiger partial charge in [-0.3, -0.25) is 4.90 Å². The number of hydrogen-bond acceptors (Lipinski definition) is 8. The van der Waals surface area contributed by atoms with E-state index in [0.717, 1.165) is 0 Å². The molecule has 3 saturated heterocycles. The van der Waals surface area contributed by atoms with Crippen LogP contribution in [-0.2, 0) is 4.74 Å². The van der Waals surface area contributed by atoms with Crippen molar-refractivity contribution >= 4 is 16.9 Å². The number of likely N-dealkylation sites (tertiary alicyclic amines) is 1. The minimum Gasteiger partial charge on any atom is -0.387 e. The molecule has 0 saturated carbocycles. The Labute approximate surface area is 182 Å². The van der Waals surface area contributed by atoms with Crippen LogP contribution in [0.3, 0.4) is 0 Å². The second-order valence-corrected chi connectivity index (χ2v) is 9.09. The van der Waals surface area contributed by atoms with Crippen LogP contribution in [0.15, 0.2) is 18.6 Å². The highest BCUT2D eigenvalue weighted by Crippen LogP contribution is 2.46. The first kappa shape index (κ1) is 21.8. The van der Waals surface area contributed by atoms with E-state index in [2.05, 4.69) is 15.3 Å². The van der Waals surface area contributed by atoms with Gasteiger partial charge >= 0.3 is 6.18 Å². The van der Waals surface area contributed by atoms with Gasteiger partial charge in [-0.05, 0) is 38.4 Å². The molecule has 5 atom stereocenters. The zero-order valence-corrected chi connectivity index (χ0v) is 17.4. The summed E-state index contributed by atoms with van der Waals surface area (Å²) in [5.41, 5.74) is 5.74. The molecule has 1 spiro atoms. The molecule has 3 aliphatic rings. The van der Waals surface area contributed by atoms with E-state index < -0.39 is 42.2 Å². The molecule has 32 heavy (non-hydrogen) atoms. The standard InChI is InChI=1S/C20H27F3N6O3/c21-20(22,23)11-7-19(2-4-25-5-3-19)28(8-11)9-13-14(30)15(31)18(32-13)29-6-1-12-16(24)26-10-27-17(12)29/h1,6,10-11,13-15,18,25,30-31H,2-5,7-9H2,(H2,24,26,27)/t11?,13-,14-,15-,18-/m1/s1. The number of fused-ring (bicyclic) bond motifs is 1. The van der Waals surface area contributed by atoms with Crippen molar-refractivity contribution in [2.75, 3.05) is 31.9 Å². The van der Waals surface area contributed by atoms with Crippen LogP contribution in [0.5, 0.6) is 0 Å². The molecular weight excluding hydrogens is 429 g/mol. The van der Waals surface area contributed by atoms with Crippen molar-refractivity contribution in [1.29, 1.82) is 0 Å². The number of nitrogens with zero attached hydrogens (tertiary/aromatic N) is 4. The molecule has 5 N–H and O–H groups in total. The lowest BCUT2D eigenvalue weighted by atomic mass is 9.83. The summed E-state index contributed by atoms with van der Waals surface area (Å²) in [5, 5.41) is 25.2. The fraction of sp³-hybridized carbons (Fsp3) is 0.700. The Morgan fingerprint density at radius 2 is 1.97 bits per heavy atom. The van der Waals surface area contributed by atoms with Crippen LogP contribution in [0.25, 0.3) is 11.0 Å². The second kappa shape index (κ2) is 7.80. The monoisotopic (exact) mass is 456 g/mol. The number of halogens is 3. The van der Waals surface area contributed by atoms with E-state index in [1.165, 1.54) is 6.33 Å². The Kier molecular flexibility index (Phi) is 5.32. The van der Waals surface area contributed by atoms with Crippen LogP contribution in [0.2, 0.25) is 0 Å². The van der Waals surface area contributed by atoms with Gasteiger partial charge in [0.2, 0.25) is 0 Å². The van der Waals surface area contributed by atoms with E-state index in [1.54, 1.807) is 16.8 Å². The van der Waals surface area contributed by atoms with Crippen LogP contribution >= 0.6 is 0 Å². The number of aliphatic hydroxyl groups excluding tert-OH is 2. The lowest BCUT2D eigenvalue weighted by Crippen LogP contribution is -2.54. The predicted molar refractivity (Wildman–Crippen MR) is 108 cm³/mol. The highest BCUT2D eigenvalue weighted by molar-refractivity contribution is 5.86. The number of alkyl halides is 3. The molecule has 2 aromatic heterocycles. The van der Waals surface area contributed by atoms with Gasteiger partial charge in [0, 0.05) is 24.8 Å². The Morgan fingerprint density at radius 3 is 2.69 bits per heavy atom. The fourth-order valence-electron chi connectivity index (χ4n) is 5.53. The molecule has 0 amide bonds. The Hall–Kier alpha value is -1.99. The van der Waals surface area contributed by atoms with Crippen molar-refractivity contribution in [3.8, 4) is 0 Å². The van der Waals surface area contributed by atoms with E-state index in [4.69, 9.17) is 10.5 Å². The number of rotatable bonds is 3. The molecule has 0 aliphatic carbocycles. The van der Waals surface area contributed by atoms with Gasteiger partial charge < -0.3 is 30.6 Å². The molecule has 5 rings (SSSR count). The Balaban J connectivity index is 1.38. The third-order valence-corrected chi connectivity index (χ3v) is 7.29. The first-order valence-corrected chi connectivity index (χ1v) is 10.8. The van der Waals surface area contributed by atoms with Crippen molar-refractivity contribution in [2.45, 2.75) is 55.5 Å². The molecule has 1 unspecified atom stereocenters. The highest BCUT2D eigenvalue weighted by atomic mass is 19.4. The van der Waals surface area contributed by atoms with Gasteiger partial charge in [-0.1, -0.05) is 0 Å². The average molecular weight is 456 g/mol. The minimum atomic E-state index is -4.27. The van der Waals surface area contributed by atoms with E-state index >= 15 is 0 Å². The molecule has 9 nitrogen and oxygen atoms in total. The summed E-state index contributed by atoms with van der Waals surface area (Å²) in [6, 6.07) is 1.69. The number of aliphatic hydroxyl groups is 2. The van der Waals surface area contributed by atoms with Gasteiger partial charge in [-0.2, -0.15) is 13.2 Å². The number of ether oxygens (including phenoxy) is 1. The zero-order chi connectivity index (χ0) is 22.7. The van der Waals surface area contributed by atoms with Crippen molar-refractivity contribution in [1.82, 2.24) is 24.8 Å². The first-order valence-electron chi connectivity index (χ1n) is 10.8. The third-order valence-electron chi connectivity index (χ3n) is 7.29. The molecule has 0 bridgehead atoms. The number of aromatic nitrogens is 3. The smallest absolute Gasteiger partial charge is 0.387 e. The van der Waals surface area contributed by atoms with Crippen molar-refractivity contribution in [3.05, 3.63) is 18.6 Å². The lowest BCUT2D eigenvalue weighted by molar-refractivity contribution is -0.171. The van der Waals surface area contributed by atoms with Gasteiger partial charge in [0.15, 0.2) is 6.23 Å². The predicted octanol–water partition coefficient (Wildman–Crippen LogP) is 0.639. The number of nitrogens with two attached hydrogens (primary N) is 1. The van der Waals surface area contributed by atoms with Crippen molar-refractivity contribution < 1.29 is 28.1 Å². The molecule has 0 radical (unpaired) electrons. The van der Waals surface area contributed by atoms with Gasteiger partial charge in [-0.25, -0.2) is 9.97 Å². The maximum atomic E-state index is 13.6. The van der Waals surface area contributed by atoms with Crippen molar-refractivity contribution in [3.63, 3.8) is 0 Å². The number of piperidine rings is 1. The van der Waals surface area contributed by atoms with Gasteiger partial charge in [0.25, 0.3) is 0 Å². The summed E-state index contributed by atoms with van der Waals surface area (Å²) in [7, 11) is 0. The second-order valence-electron chi connectivity index (χ2n) is 9.09. The summed E-state index contributed by atoms with van der Waals surface area (Å²) < 4.78 is 48.3. The van der Waals surface area contributed by atoms with E-state index in [-0.39, 0.29) is 25.3 Å². The van der Waals surface area contributed by atoms with Crippen LogP contribution < -0.4 is 11.1 Å². The van der Waals surface area contributed by atoms with Gasteiger partial charge in [0.05, 0.1) is 11.3 Å². The quantitative estimate of drug-likeness (QED) is 0.531. The fourth-order valence-corrected chi connectivity index (χ4v) is 5.53. The third kappa shape index (κ3) is 3.54. The molecule has 3 fully saturated rings. The Morgan fingerprint density at radius 1 is 1.22 bits per heavy atom. The molecule has 2 aromatic rings. The summed E-state index contributed by atoms with van der Waals surface area (Å²) in [5.74, 6) is -1.13. The van der Waals surface area contributed by atoms with Crippen molar-refractivity contribution in [2.24, 2.45) is 5.92 Å². The summed E-state index contributed by atoms with van der Waals surface area (Å²) >= 11 is 0. The average Bonchev–Trinajstić information content (AvgIpc) is 3.40. The summed E-state index contributed by atoms with van der Waals surface area (Å²) in [6.07, 6.45) is -4.37.